The Kier molecular flexibility index (Phi) is 4.84. The van der Waals surface area contributed by atoms with E-state index < -0.39 is 10.0 Å². The molecule has 6 heteroatoms. The maximum absolute atomic E-state index is 12.7. The predicted octanol–water partition coefficient (Wildman–Crippen LogP) is 2.27. The van der Waals surface area contributed by atoms with Crippen LogP contribution in [-0.4, -0.2) is 34.2 Å². The van der Waals surface area contributed by atoms with Crippen LogP contribution < -0.4 is 14.8 Å². The monoisotopic (exact) mass is 334 g/mol. The number of benzene rings is 2. The Labute approximate surface area is 137 Å². The number of fused-ring (bicyclic) bond motifs is 1. The molecule has 0 radical (unpaired) electrons. The molecular formula is C17H22N2O3S. The van der Waals surface area contributed by atoms with Crippen LogP contribution in [0.3, 0.4) is 0 Å². The van der Waals surface area contributed by atoms with Gasteiger partial charge in [0, 0.05) is 23.4 Å². The van der Waals surface area contributed by atoms with Gasteiger partial charge in [0.05, 0.1) is 11.5 Å². The molecule has 3 rings (SSSR count). The molecule has 2 N–H and O–H groups in total. The van der Waals surface area contributed by atoms with E-state index in [1.165, 1.54) is 0 Å². The summed E-state index contributed by atoms with van der Waals surface area (Å²) >= 11 is 0. The fraction of sp³-hybridized carbons (Fsp3) is 0.412. The minimum absolute atomic E-state index is 0.221. The molecule has 23 heavy (non-hydrogen) atoms. The van der Waals surface area contributed by atoms with Crippen LogP contribution in [0.5, 0.6) is 5.75 Å². The van der Waals surface area contributed by atoms with E-state index in [9.17, 15) is 8.42 Å². The van der Waals surface area contributed by atoms with Gasteiger partial charge >= 0.3 is 0 Å². The van der Waals surface area contributed by atoms with E-state index in [1.54, 1.807) is 12.1 Å². The van der Waals surface area contributed by atoms with E-state index in [4.69, 9.17) is 4.74 Å². The summed E-state index contributed by atoms with van der Waals surface area (Å²) in [5.74, 6) is 0.708. The standard InChI is InChI=1S/C17H22N2O3S/c1-2-22-16-9-10-17(15-8-4-3-7-14(15)16)23(20,21)19-12-13-6-5-11-18-13/h3-4,7-10,13,18-19H,2,5-6,11-12H2,1H3. The number of nitrogens with one attached hydrogen (secondary N) is 2. The van der Waals surface area contributed by atoms with Gasteiger partial charge in [-0.05, 0) is 38.4 Å². The molecule has 1 fully saturated rings. The maximum atomic E-state index is 12.7. The normalized spacial score (nSPS) is 18.4. The summed E-state index contributed by atoms with van der Waals surface area (Å²) < 4.78 is 33.7. The first-order valence-electron chi connectivity index (χ1n) is 7.99. The molecule has 0 aromatic heterocycles. The minimum atomic E-state index is -3.55. The quantitative estimate of drug-likeness (QED) is 0.850. The zero-order valence-electron chi connectivity index (χ0n) is 13.2. The molecule has 1 aliphatic rings. The Hall–Kier alpha value is -1.63. The van der Waals surface area contributed by atoms with Gasteiger partial charge < -0.3 is 10.1 Å². The first-order chi connectivity index (χ1) is 11.1. The third-order valence-corrected chi connectivity index (χ3v) is 5.60. The summed E-state index contributed by atoms with van der Waals surface area (Å²) in [5.41, 5.74) is 0. The summed E-state index contributed by atoms with van der Waals surface area (Å²) in [5, 5.41) is 4.80. The molecule has 0 saturated carbocycles. The average Bonchev–Trinajstić information content (AvgIpc) is 3.07. The van der Waals surface area contributed by atoms with Crippen LogP contribution in [-0.2, 0) is 10.0 Å². The summed E-state index contributed by atoms with van der Waals surface area (Å²) in [4.78, 5) is 0.301. The van der Waals surface area contributed by atoms with Crippen LogP contribution in [0.1, 0.15) is 19.8 Å². The zero-order valence-corrected chi connectivity index (χ0v) is 14.0. The molecular weight excluding hydrogens is 312 g/mol. The van der Waals surface area contributed by atoms with Gasteiger partial charge in [-0.15, -0.1) is 0 Å². The molecule has 1 atom stereocenters. The highest BCUT2D eigenvalue weighted by Gasteiger charge is 2.21. The molecule has 2 aromatic carbocycles. The lowest BCUT2D eigenvalue weighted by molar-refractivity contribution is 0.344. The molecule has 1 aliphatic heterocycles. The minimum Gasteiger partial charge on any atom is -0.493 e. The number of sulfonamides is 1. The second-order valence-corrected chi connectivity index (χ2v) is 7.42. The smallest absolute Gasteiger partial charge is 0.241 e. The van der Waals surface area contributed by atoms with Gasteiger partial charge in [-0.1, -0.05) is 24.3 Å². The van der Waals surface area contributed by atoms with Crippen molar-refractivity contribution in [1.29, 1.82) is 0 Å². The van der Waals surface area contributed by atoms with Gasteiger partial charge in [0.25, 0.3) is 0 Å². The second kappa shape index (κ2) is 6.86. The molecule has 124 valence electrons. The van der Waals surface area contributed by atoms with Crippen LogP contribution >= 0.6 is 0 Å². The molecule has 1 heterocycles. The van der Waals surface area contributed by atoms with Crippen molar-refractivity contribution in [3.63, 3.8) is 0 Å². The predicted molar refractivity (Wildman–Crippen MR) is 91.3 cm³/mol. The molecule has 1 saturated heterocycles. The average molecular weight is 334 g/mol. The summed E-state index contributed by atoms with van der Waals surface area (Å²) in [6, 6.07) is 11.0. The third-order valence-electron chi connectivity index (χ3n) is 4.12. The van der Waals surface area contributed by atoms with Gasteiger partial charge in [-0.25, -0.2) is 13.1 Å². The molecule has 0 amide bonds. The highest BCUT2D eigenvalue weighted by atomic mass is 32.2. The van der Waals surface area contributed by atoms with Crippen LogP contribution in [0.2, 0.25) is 0 Å². The Morgan fingerprint density at radius 2 is 2.00 bits per heavy atom. The second-order valence-electron chi connectivity index (χ2n) is 5.69. The maximum Gasteiger partial charge on any atom is 0.241 e. The fourth-order valence-corrected chi connectivity index (χ4v) is 4.27. The highest BCUT2D eigenvalue weighted by molar-refractivity contribution is 7.89. The van der Waals surface area contributed by atoms with Crippen molar-refractivity contribution in [1.82, 2.24) is 10.0 Å². The van der Waals surface area contributed by atoms with Crippen LogP contribution in [0.25, 0.3) is 10.8 Å². The lowest BCUT2D eigenvalue weighted by Gasteiger charge is -2.15. The van der Waals surface area contributed by atoms with Crippen LogP contribution in [0.15, 0.2) is 41.3 Å². The lowest BCUT2D eigenvalue weighted by atomic mass is 10.1. The lowest BCUT2D eigenvalue weighted by Crippen LogP contribution is -2.37. The van der Waals surface area contributed by atoms with Gasteiger partial charge in [0.15, 0.2) is 0 Å². The summed E-state index contributed by atoms with van der Waals surface area (Å²) in [6.07, 6.45) is 2.10. The number of hydrogen-bond acceptors (Lipinski definition) is 4. The summed E-state index contributed by atoms with van der Waals surface area (Å²) in [7, 11) is -3.55. The number of ether oxygens (including phenoxy) is 1. The Balaban J connectivity index is 1.93. The third kappa shape index (κ3) is 3.49. The zero-order chi connectivity index (χ0) is 16.3. The molecule has 1 unspecified atom stereocenters. The van der Waals surface area contributed by atoms with E-state index in [0.29, 0.717) is 29.2 Å². The van der Waals surface area contributed by atoms with Crippen LogP contribution in [0.4, 0.5) is 0 Å². The van der Waals surface area contributed by atoms with E-state index >= 15 is 0 Å². The Morgan fingerprint density at radius 1 is 1.22 bits per heavy atom. The van der Waals surface area contributed by atoms with Crippen molar-refractivity contribution >= 4 is 20.8 Å². The Morgan fingerprint density at radius 3 is 2.70 bits per heavy atom. The topological polar surface area (TPSA) is 67.4 Å². The van der Waals surface area contributed by atoms with E-state index in [-0.39, 0.29) is 6.04 Å². The van der Waals surface area contributed by atoms with Crippen LogP contribution in [0, 0.1) is 0 Å². The molecule has 0 spiro atoms. The van der Waals surface area contributed by atoms with Gasteiger partial charge in [-0.2, -0.15) is 0 Å². The molecule has 0 aliphatic carbocycles. The van der Waals surface area contributed by atoms with Crippen molar-refractivity contribution in [3.05, 3.63) is 36.4 Å². The van der Waals surface area contributed by atoms with Crippen molar-refractivity contribution in [2.45, 2.75) is 30.7 Å². The SMILES string of the molecule is CCOc1ccc(S(=O)(=O)NCC2CCCN2)c2ccccc12. The summed E-state index contributed by atoms with van der Waals surface area (Å²) in [6.45, 7) is 3.83. The van der Waals surface area contributed by atoms with Crippen molar-refractivity contribution in [2.24, 2.45) is 0 Å². The fourth-order valence-electron chi connectivity index (χ4n) is 2.98. The van der Waals surface area contributed by atoms with Crippen molar-refractivity contribution in [3.8, 4) is 5.75 Å². The molecule has 5 nitrogen and oxygen atoms in total. The molecule has 0 bridgehead atoms. The first-order valence-corrected chi connectivity index (χ1v) is 9.47. The highest BCUT2D eigenvalue weighted by Crippen LogP contribution is 2.31. The largest absolute Gasteiger partial charge is 0.493 e. The van der Waals surface area contributed by atoms with E-state index in [0.717, 1.165) is 24.8 Å². The van der Waals surface area contributed by atoms with Gasteiger partial charge in [-0.3, -0.25) is 0 Å². The Bertz CT molecular complexity index is 784. The first kappa shape index (κ1) is 16.2. The van der Waals surface area contributed by atoms with Gasteiger partial charge in [0.1, 0.15) is 5.75 Å². The number of hydrogen-bond donors (Lipinski definition) is 2. The molecule has 2 aromatic rings. The van der Waals surface area contributed by atoms with Crippen molar-refractivity contribution < 1.29 is 13.2 Å². The number of rotatable bonds is 6. The van der Waals surface area contributed by atoms with E-state index in [1.807, 2.05) is 31.2 Å². The van der Waals surface area contributed by atoms with E-state index in [2.05, 4.69) is 10.0 Å². The van der Waals surface area contributed by atoms with Crippen molar-refractivity contribution in [2.75, 3.05) is 19.7 Å². The van der Waals surface area contributed by atoms with Gasteiger partial charge in [0.2, 0.25) is 10.0 Å².